The molecule has 0 aliphatic carbocycles. The van der Waals surface area contributed by atoms with E-state index in [4.69, 9.17) is 22.1 Å². The molecule has 2 heterocycles. The topological polar surface area (TPSA) is 64.4 Å². The lowest BCUT2D eigenvalue weighted by atomic mass is 9.94. The highest BCUT2D eigenvalue weighted by Gasteiger charge is 2.33. The first kappa shape index (κ1) is 12.9. The van der Waals surface area contributed by atoms with Gasteiger partial charge in [0.05, 0.1) is 18.1 Å². The molecule has 3 unspecified atom stereocenters. The van der Waals surface area contributed by atoms with Gasteiger partial charge in [0.15, 0.2) is 0 Å². The summed E-state index contributed by atoms with van der Waals surface area (Å²) in [6.45, 7) is 2.63. The number of hydrogen-bond donors (Lipinski definition) is 2. The Hall–Kier alpha value is -1.10. The first-order valence-corrected chi connectivity index (χ1v) is 6.97. The Morgan fingerprint density at radius 1 is 1.53 bits per heavy atom. The van der Waals surface area contributed by atoms with Crippen molar-refractivity contribution in [2.45, 2.75) is 37.8 Å². The Labute approximate surface area is 117 Å². The standard InChI is InChI=1S/C14H17ClN2O2/c1-7-9-5-8(15)6-10(13(9)17-14(7)18)12(16)11-3-2-4-19-11/h5-7,11-12H,2-4,16H2,1H3,(H,17,18). The van der Waals surface area contributed by atoms with Crippen LogP contribution in [0, 0.1) is 0 Å². The number of halogens is 1. The van der Waals surface area contributed by atoms with Gasteiger partial charge in [-0.25, -0.2) is 0 Å². The molecule has 1 saturated heterocycles. The van der Waals surface area contributed by atoms with E-state index < -0.39 is 0 Å². The van der Waals surface area contributed by atoms with E-state index in [1.807, 2.05) is 19.1 Å². The van der Waals surface area contributed by atoms with Crippen LogP contribution in [0.15, 0.2) is 12.1 Å². The van der Waals surface area contributed by atoms with Crippen LogP contribution in [0.1, 0.15) is 42.9 Å². The molecule has 0 spiro atoms. The third-order valence-corrected chi connectivity index (χ3v) is 4.21. The summed E-state index contributed by atoms with van der Waals surface area (Å²) < 4.78 is 5.64. The lowest BCUT2D eigenvalue weighted by Gasteiger charge is -2.21. The van der Waals surface area contributed by atoms with E-state index in [0.717, 1.165) is 36.3 Å². The van der Waals surface area contributed by atoms with Crippen LogP contribution in [0.2, 0.25) is 5.02 Å². The number of ether oxygens (including phenoxy) is 1. The fourth-order valence-corrected chi connectivity index (χ4v) is 3.09. The molecule has 2 aliphatic heterocycles. The molecule has 5 heteroatoms. The van der Waals surface area contributed by atoms with E-state index >= 15 is 0 Å². The van der Waals surface area contributed by atoms with E-state index in [0.29, 0.717) is 5.02 Å². The number of benzene rings is 1. The summed E-state index contributed by atoms with van der Waals surface area (Å²) in [6.07, 6.45) is 1.99. The molecule has 0 radical (unpaired) electrons. The van der Waals surface area contributed by atoms with Crippen LogP contribution < -0.4 is 11.1 Å². The zero-order valence-corrected chi connectivity index (χ0v) is 11.5. The van der Waals surface area contributed by atoms with Gasteiger partial charge in [-0.15, -0.1) is 0 Å². The second kappa shape index (κ2) is 4.78. The number of carbonyl (C=O) groups excluding carboxylic acids is 1. The molecule has 1 fully saturated rings. The number of anilines is 1. The number of amides is 1. The smallest absolute Gasteiger partial charge is 0.231 e. The second-order valence-electron chi connectivity index (χ2n) is 5.25. The number of hydrogen-bond acceptors (Lipinski definition) is 3. The Kier molecular flexibility index (Phi) is 3.25. The highest BCUT2D eigenvalue weighted by molar-refractivity contribution is 6.31. The summed E-state index contributed by atoms with van der Waals surface area (Å²) >= 11 is 6.16. The SMILES string of the molecule is CC1C(=O)Nc2c1cc(Cl)cc2C(N)C1CCCO1. The zero-order chi connectivity index (χ0) is 13.6. The van der Waals surface area contributed by atoms with Crippen molar-refractivity contribution in [1.29, 1.82) is 0 Å². The van der Waals surface area contributed by atoms with Crippen molar-refractivity contribution in [3.8, 4) is 0 Å². The molecular formula is C14H17ClN2O2. The van der Waals surface area contributed by atoms with Gasteiger partial charge in [0.1, 0.15) is 0 Å². The molecule has 4 nitrogen and oxygen atoms in total. The van der Waals surface area contributed by atoms with Crippen LogP contribution in [0.5, 0.6) is 0 Å². The highest BCUT2D eigenvalue weighted by atomic mass is 35.5. The van der Waals surface area contributed by atoms with Crippen LogP contribution in [-0.4, -0.2) is 18.6 Å². The predicted octanol–water partition coefficient (Wildman–Crippen LogP) is 2.57. The molecule has 1 amide bonds. The molecule has 19 heavy (non-hydrogen) atoms. The summed E-state index contributed by atoms with van der Waals surface area (Å²) in [6, 6.07) is 3.43. The second-order valence-corrected chi connectivity index (χ2v) is 5.68. The average molecular weight is 281 g/mol. The van der Waals surface area contributed by atoms with Crippen molar-refractivity contribution in [3.63, 3.8) is 0 Å². The third kappa shape index (κ3) is 2.14. The number of nitrogens with one attached hydrogen (secondary N) is 1. The van der Waals surface area contributed by atoms with E-state index in [9.17, 15) is 4.79 Å². The van der Waals surface area contributed by atoms with E-state index in [2.05, 4.69) is 5.32 Å². The quantitative estimate of drug-likeness (QED) is 0.875. The summed E-state index contributed by atoms with van der Waals surface area (Å²) in [5, 5.41) is 3.53. The van der Waals surface area contributed by atoms with Gasteiger partial charge in [-0.1, -0.05) is 11.6 Å². The fraction of sp³-hybridized carbons (Fsp3) is 0.500. The van der Waals surface area contributed by atoms with Crippen LogP contribution in [-0.2, 0) is 9.53 Å². The van der Waals surface area contributed by atoms with E-state index in [-0.39, 0.29) is 24.0 Å². The van der Waals surface area contributed by atoms with Gasteiger partial charge in [-0.05, 0) is 43.0 Å². The van der Waals surface area contributed by atoms with Crippen LogP contribution in [0.3, 0.4) is 0 Å². The number of fused-ring (bicyclic) bond motifs is 1. The van der Waals surface area contributed by atoms with Crippen LogP contribution in [0.4, 0.5) is 5.69 Å². The van der Waals surface area contributed by atoms with Gasteiger partial charge >= 0.3 is 0 Å². The van der Waals surface area contributed by atoms with Crippen molar-refractivity contribution in [2.75, 3.05) is 11.9 Å². The summed E-state index contributed by atoms with van der Waals surface area (Å²) in [5.41, 5.74) is 8.94. The van der Waals surface area contributed by atoms with Gasteiger partial charge in [0.25, 0.3) is 0 Å². The first-order chi connectivity index (χ1) is 9.08. The Balaban J connectivity index is 2.02. The minimum absolute atomic E-state index is 0.00180. The maximum absolute atomic E-state index is 11.8. The average Bonchev–Trinajstić information content (AvgIpc) is 3.00. The molecule has 0 saturated carbocycles. The van der Waals surface area contributed by atoms with Crippen molar-refractivity contribution < 1.29 is 9.53 Å². The van der Waals surface area contributed by atoms with Crippen molar-refractivity contribution in [1.82, 2.24) is 0 Å². The minimum Gasteiger partial charge on any atom is -0.376 e. The predicted molar refractivity (Wildman–Crippen MR) is 74.4 cm³/mol. The Bertz CT molecular complexity index is 526. The fourth-order valence-electron chi connectivity index (χ4n) is 2.86. The molecule has 3 atom stereocenters. The van der Waals surface area contributed by atoms with Gasteiger partial charge in [-0.2, -0.15) is 0 Å². The van der Waals surface area contributed by atoms with E-state index in [1.54, 1.807) is 0 Å². The van der Waals surface area contributed by atoms with Crippen molar-refractivity contribution in [2.24, 2.45) is 5.73 Å². The van der Waals surface area contributed by atoms with Gasteiger partial charge < -0.3 is 15.8 Å². The van der Waals surface area contributed by atoms with Crippen LogP contribution >= 0.6 is 11.6 Å². The maximum atomic E-state index is 11.8. The molecule has 3 rings (SSSR count). The summed E-state index contributed by atoms with van der Waals surface area (Å²) in [4.78, 5) is 11.8. The largest absolute Gasteiger partial charge is 0.376 e. The van der Waals surface area contributed by atoms with Gasteiger partial charge in [-0.3, -0.25) is 4.79 Å². The minimum atomic E-state index is -0.249. The van der Waals surface area contributed by atoms with Crippen molar-refractivity contribution >= 4 is 23.2 Å². The molecule has 0 aromatic heterocycles. The Morgan fingerprint density at radius 2 is 2.32 bits per heavy atom. The number of rotatable bonds is 2. The molecule has 0 bridgehead atoms. The molecular weight excluding hydrogens is 264 g/mol. The molecule has 1 aromatic carbocycles. The van der Waals surface area contributed by atoms with Gasteiger partial charge in [0, 0.05) is 17.3 Å². The molecule has 3 N–H and O–H groups in total. The lowest BCUT2D eigenvalue weighted by Crippen LogP contribution is -2.26. The number of nitrogens with two attached hydrogens (primary N) is 1. The molecule has 1 aromatic rings. The summed E-state index contributed by atoms with van der Waals surface area (Å²) in [7, 11) is 0. The van der Waals surface area contributed by atoms with Gasteiger partial charge in [0.2, 0.25) is 5.91 Å². The monoisotopic (exact) mass is 280 g/mol. The highest BCUT2D eigenvalue weighted by Crippen LogP contribution is 2.41. The molecule has 2 aliphatic rings. The normalized spacial score (nSPS) is 27.2. The van der Waals surface area contributed by atoms with E-state index in [1.165, 1.54) is 0 Å². The number of carbonyl (C=O) groups is 1. The summed E-state index contributed by atoms with van der Waals surface area (Å²) in [5.74, 6) is -0.179. The Morgan fingerprint density at radius 3 is 3.00 bits per heavy atom. The third-order valence-electron chi connectivity index (χ3n) is 4.00. The lowest BCUT2D eigenvalue weighted by molar-refractivity contribution is -0.116. The van der Waals surface area contributed by atoms with Crippen molar-refractivity contribution in [3.05, 3.63) is 28.3 Å². The zero-order valence-electron chi connectivity index (χ0n) is 10.8. The van der Waals surface area contributed by atoms with Crippen LogP contribution in [0.25, 0.3) is 0 Å². The maximum Gasteiger partial charge on any atom is 0.231 e. The first-order valence-electron chi connectivity index (χ1n) is 6.59. The molecule has 102 valence electrons.